The summed E-state index contributed by atoms with van der Waals surface area (Å²) in [6.45, 7) is 0. The molecule has 0 atom stereocenters. The molecule has 0 amide bonds. The zero-order valence-electron chi connectivity index (χ0n) is 10.2. The summed E-state index contributed by atoms with van der Waals surface area (Å²) in [5, 5.41) is 21.3. The number of hydrogen-bond acceptors (Lipinski definition) is 5. The van der Waals surface area contributed by atoms with Gasteiger partial charge in [-0.15, -0.1) is 0 Å². The first-order chi connectivity index (χ1) is 9.81. The highest BCUT2D eigenvalue weighted by molar-refractivity contribution is 6.33. The monoisotopic (exact) mass is 327 g/mol. The van der Waals surface area contributed by atoms with E-state index in [1.54, 1.807) is 0 Å². The largest absolute Gasteiger partial charge is 0.398 e. The Morgan fingerprint density at radius 3 is 2.00 bits per heavy atom. The molecule has 0 aliphatic heterocycles. The van der Waals surface area contributed by atoms with E-state index in [0.717, 1.165) is 6.07 Å². The Morgan fingerprint density at radius 2 is 1.48 bits per heavy atom. The number of nitrogens with zero attached hydrogens (tertiary/aromatic N) is 2. The number of benzene rings is 2. The van der Waals surface area contributed by atoms with Crippen LogP contribution in [0.3, 0.4) is 0 Å². The molecule has 0 aromatic heterocycles. The number of anilines is 1. The van der Waals surface area contributed by atoms with Crippen molar-refractivity contribution in [1.29, 1.82) is 0 Å². The van der Waals surface area contributed by atoms with Gasteiger partial charge >= 0.3 is 0 Å². The summed E-state index contributed by atoms with van der Waals surface area (Å²) in [7, 11) is 0. The van der Waals surface area contributed by atoms with Gasteiger partial charge in [0.15, 0.2) is 0 Å². The molecule has 9 heteroatoms. The number of rotatable bonds is 3. The van der Waals surface area contributed by atoms with E-state index in [2.05, 4.69) is 0 Å². The van der Waals surface area contributed by atoms with Crippen LogP contribution in [0.4, 0.5) is 17.1 Å². The summed E-state index contributed by atoms with van der Waals surface area (Å²) < 4.78 is 0. The van der Waals surface area contributed by atoms with Crippen LogP contribution in [0.2, 0.25) is 10.0 Å². The predicted octanol–water partition coefficient (Wildman–Crippen LogP) is 4.06. The molecule has 2 N–H and O–H groups in total. The van der Waals surface area contributed by atoms with Crippen molar-refractivity contribution in [3.8, 4) is 11.1 Å². The average Bonchev–Trinajstić information content (AvgIpc) is 2.40. The second-order valence-electron chi connectivity index (χ2n) is 4.07. The Bertz CT molecular complexity index is 764. The van der Waals surface area contributed by atoms with Crippen LogP contribution in [-0.2, 0) is 0 Å². The van der Waals surface area contributed by atoms with Gasteiger partial charge in [0.05, 0.1) is 9.85 Å². The van der Waals surface area contributed by atoms with Crippen LogP contribution >= 0.6 is 23.2 Å². The van der Waals surface area contributed by atoms with Crippen LogP contribution in [0.5, 0.6) is 0 Å². The van der Waals surface area contributed by atoms with Crippen LogP contribution in [0.15, 0.2) is 30.3 Å². The highest BCUT2D eigenvalue weighted by atomic mass is 35.5. The Labute approximate surface area is 128 Å². The van der Waals surface area contributed by atoms with E-state index in [1.165, 1.54) is 24.3 Å². The molecule has 0 saturated carbocycles. The van der Waals surface area contributed by atoms with Gasteiger partial charge in [-0.2, -0.15) is 0 Å². The van der Waals surface area contributed by atoms with Crippen LogP contribution in [0.1, 0.15) is 0 Å². The summed E-state index contributed by atoms with van der Waals surface area (Å²) in [6, 6.07) is 6.48. The predicted molar refractivity (Wildman–Crippen MR) is 79.6 cm³/mol. The minimum absolute atomic E-state index is 0.0635. The van der Waals surface area contributed by atoms with Crippen molar-refractivity contribution in [2.24, 2.45) is 0 Å². The molecule has 108 valence electrons. The number of nitrogen functional groups attached to an aromatic ring is 1. The van der Waals surface area contributed by atoms with Crippen molar-refractivity contribution in [2.45, 2.75) is 0 Å². The maximum absolute atomic E-state index is 10.8. The summed E-state index contributed by atoms with van der Waals surface area (Å²) in [5.41, 5.74) is 6.21. The van der Waals surface area contributed by atoms with Crippen molar-refractivity contribution in [3.63, 3.8) is 0 Å². The van der Waals surface area contributed by atoms with Gasteiger partial charge in [-0.3, -0.25) is 20.2 Å². The fraction of sp³-hybridized carbons (Fsp3) is 0. The molecule has 0 unspecified atom stereocenters. The Hall–Kier alpha value is -2.38. The molecule has 7 nitrogen and oxygen atoms in total. The van der Waals surface area contributed by atoms with Crippen molar-refractivity contribution in [2.75, 3.05) is 5.73 Å². The Morgan fingerprint density at radius 1 is 0.905 bits per heavy atom. The maximum Gasteiger partial charge on any atom is 0.289 e. The van der Waals surface area contributed by atoms with Gasteiger partial charge in [-0.05, 0) is 23.8 Å². The third-order valence-corrected chi connectivity index (χ3v) is 3.38. The van der Waals surface area contributed by atoms with Crippen molar-refractivity contribution in [1.82, 2.24) is 0 Å². The SMILES string of the molecule is Nc1cc([N+](=O)[O-])c(Cl)cc1-c1ccc([N+](=O)[O-])c(Cl)c1. The minimum atomic E-state index is -0.648. The van der Waals surface area contributed by atoms with Gasteiger partial charge in [-0.1, -0.05) is 23.2 Å². The molecule has 2 rings (SSSR count). The molecule has 0 aliphatic rings. The van der Waals surface area contributed by atoms with E-state index in [0.29, 0.717) is 11.1 Å². The lowest BCUT2D eigenvalue weighted by molar-refractivity contribution is -0.384. The molecular formula is C12H7Cl2N3O4. The van der Waals surface area contributed by atoms with Crippen LogP contribution in [0.25, 0.3) is 11.1 Å². The minimum Gasteiger partial charge on any atom is -0.398 e. The zero-order chi connectivity index (χ0) is 15.7. The third kappa shape index (κ3) is 2.88. The molecule has 0 bridgehead atoms. The topological polar surface area (TPSA) is 112 Å². The van der Waals surface area contributed by atoms with E-state index in [4.69, 9.17) is 28.9 Å². The molecule has 0 radical (unpaired) electrons. The standard InChI is InChI=1S/C12H7Cl2N3O4/c13-8-3-6(1-2-11(8)16(18)19)7-4-9(14)12(17(20)21)5-10(7)15/h1-5H,15H2. The second-order valence-corrected chi connectivity index (χ2v) is 4.89. The van der Waals surface area contributed by atoms with E-state index in [-0.39, 0.29) is 27.1 Å². The van der Waals surface area contributed by atoms with Gasteiger partial charge in [0.1, 0.15) is 10.0 Å². The number of nitrogens with two attached hydrogens (primary N) is 1. The van der Waals surface area contributed by atoms with Crippen LogP contribution in [-0.4, -0.2) is 9.85 Å². The fourth-order valence-electron chi connectivity index (χ4n) is 1.79. The van der Waals surface area contributed by atoms with Crippen molar-refractivity contribution >= 4 is 40.3 Å². The first-order valence-electron chi connectivity index (χ1n) is 5.49. The number of halogens is 2. The Balaban J connectivity index is 2.57. The third-order valence-electron chi connectivity index (χ3n) is 2.77. The first kappa shape index (κ1) is 15.0. The molecule has 21 heavy (non-hydrogen) atoms. The van der Waals surface area contributed by atoms with Crippen molar-refractivity contribution in [3.05, 3.63) is 60.6 Å². The molecule has 0 saturated heterocycles. The smallest absolute Gasteiger partial charge is 0.289 e. The summed E-state index contributed by atoms with van der Waals surface area (Å²) in [6.07, 6.45) is 0. The summed E-state index contributed by atoms with van der Waals surface area (Å²) in [5.74, 6) is 0. The van der Waals surface area contributed by atoms with Gasteiger partial charge in [0.25, 0.3) is 11.4 Å². The lowest BCUT2D eigenvalue weighted by Crippen LogP contribution is -1.96. The lowest BCUT2D eigenvalue weighted by atomic mass is 10.0. The lowest BCUT2D eigenvalue weighted by Gasteiger charge is -2.08. The zero-order valence-corrected chi connectivity index (χ0v) is 11.8. The molecule has 0 fully saturated rings. The Kier molecular flexibility index (Phi) is 3.97. The molecule has 2 aromatic carbocycles. The normalized spacial score (nSPS) is 10.4. The van der Waals surface area contributed by atoms with Gasteiger partial charge in [0.2, 0.25) is 0 Å². The van der Waals surface area contributed by atoms with Crippen LogP contribution < -0.4 is 5.73 Å². The van der Waals surface area contributed by atoms with E-state index >= 15 is 0 Å². The number of hydrogen-bond donors (Lipinski definition) is 1. The number of nitro groups is 2. The molecule has 2 aromatic rings. The molecular weight excluding hydrogens is 321 g/mol. The first-order valence-corrected chi connectivity index (χ1v) is 6.24. The van der Waals surface area contributed by atoms with E-state index < -0.39 is 9.85 Å². The van der Waals surface area contributed by atoms with Gasteiger partial charge in [0, 0.05) is 23.4 Å². The van der Waals surface area contributed by atoms with Crippen LogP contribution in [0, 0.1) is 20.2 Å². The van der Waals surface area contributed by atoms with Gasteiger partial charge < -0.3 is 5.73 Å². The molecule has 0 heterocycles. The number of nitro benzene ring substituents is 2. The highest BCUT2D eigenvalue weighted by Crippen LogP contribution is 2.37. The highest BCUT2D eigenvalue weighted by Gasteiger charge is 2.18. The quantitative estimate of drug-likeness (QED) is 0.518. The summed E-state index contributed by atoms with van der Waals surface area (Å²) >= 11 is 11.7. The maximum atomic E-state index is 10.8. The molecule has 0 aliphatic carbocycles. The average molecular weight is 328 g/mol. The second kappa shape index (κ2) is 5.55. The fourth-order valence-corrected chi connectivity index (χ4v) is 2.27. The van der Waals surface area contributed by atoms with Crippen molar-refractivity contribution < 1.29 is 9.85 Å². The van der Waals surface area contributed by atoms with Gasteiger partial charge in [-0.25, -0.2) is 0 Å². The van der Waals surface area contributed by atoms with E-state index in [9.17, 15) is 20.2 Å². The van der Waals surface area contributed by atoms with E-state index in [1.807, 2.05) is 0 Å². The molecule has 0 spiro atoms. The summed E-state index contributed by atoms with van der Waals surface area (Å²) in [4.78, 5) is 20.2.